The van der Waals surface area contributed by atoms with E-state index in [1.165, 1.54) is 12.1 Å². The second-order valence-electron chi connectivity index (χ2n) is 4.99. The molecule has 3 aromatic rings. The predicted molar refractivity (Wildman–Crippen MR) is 88.9 cm³/mol. The molecular formula is C18H16FN3O. The zero-order valence-corrected chi connectivity index (χ0v) is 12.4. The molecule has 1 heterocycles. The van der Waals surface area contributed by atoms with Crippen molar-refractivity contribution in [1.29, 1.82) is 0 Å². The lowest BCUT2D eigenvalue weighted by atomic mass is 10.2. The Kier molecular flexibility index (Phi) is 4.38. The summed E-state index contributed by atoms with van der Waals surface area (Å²) in [6, 6.07) is 17.3. The van der Waals surface area contributed by atoms with Gasteiger partial charge < -0.3 is 15.8 Å². The summed E-state index contributed by atoms with van der Waals surface area (Å²) in [5.41, 5.74) is 7.65. The first kappa shape index (κ1) is 14.8. The van der Waals surface area contributed by atoms with Gasteiger partial charge in [0.1, 0.15) is 23.1 Å². The first-order chi connectivity index (χ1) is 11.2. The van der Waals surface area contributed by atoms with E-state index in [1.807, 2.05) is 36.4 Å². The summed E-state index contributed by atoms with van der Waals surface area (Å²) < 4.78 is 18.7. The molecular weight excluding hydrogens is 293 g/mol. The largest absolute Gasteiger partial charge is 0.457 e. The van der Waals surface area contributed by atoms with Crippen LogP contribution in [-0.4, -0.2) is 4.98 Å². The number of halogens is 1. The van der Waals surface area contributed by atoms with Gasteiger partial charge in [0.15, 0.2) is 0 Å². The smallest absolute Gasteiger partial charge is 0.146 e. The molecule has 2 aromatic carbocycles. The highest BCUT2D eigenvalue weighted by Gasteiger charge is 2.01. The summed E-state index contributed by atoms with van der Waals surface area (Å²) in [6.07, 6.45) is 1.65. The first-order valence-corrected chi connectivity index (χ1v) is 7.17. The maximum Gasteiger partial charge on any atom is 0.146 e. The van der Waals surface area contributed by atoms with Crippen molar-refractivity contribution in [3.63, 3.8) is 0 Å². The number of hydrogen-bond donors (Lipinski definition) is 2. The zero-order chi connectivity index (χ0) is 16.1. The highest BCUT2D eigenvalue weighted by atomic mass is 19.1. The van der Waals surface area contributed by atoms with Crippen molar-refractivity contribution < 1.29 is 9.13 Å². The summed E-state index contributed by atoms with van der Waals surface area (Å²) >= 11 is 0. The Labute approximate surface area is 133 Å². The predicted octanol–water partition coefficient (Wildman–Crippen LogP) is 4.21. The molecule has 0 atom stereocenters. The van der Waals surface area contributed by atoms with Gasteiger partial charge in [-0.3, -0.25) is 0 Å². The van der Waals surface area contributed by atoms with Crippen LogP contribution in [0.1, 0.15) is 5.56 Å². The van der Waals surface area contributed by atoms with Crippen LogP contribution < -0.4 is 15.8 Å². The molecule has 0 amide bonds. The minimum atomic E-state index is -0.322. The molecule has 116 valence electrons. The molecule has 0 fully saturated rings. The number of nitrogens with one attached hydrogen (secondary N) is 1. The Bertz CT molecular complexity index is 790. The van der Waals surface area contributed by atoms with E-state index in [4.69, 9.17) is 10.5 Å². The third kappa shape index (κ3) is 3.97. The SMILES string of the molecule is Nc1ncccc1NCc1ccc(Oc2cccc(F)c2)cc1. The van der Waals surface area contributed by atoms with Gasteiger partial charge in [-0.15, -0.1) is 0 Å². The molecule has 3 rings (SSSR count). The zero-order valence-electron chi connectivity index (χ0n) is 12.4. The molecule has 0 unspecified atom stereocenters. The molecule has 3 N–H and O–H groups in total. The lowest BCUT2D eigenvalue weighted by Gasteiger charge is -2.09. The van der Waals surface area contributed by atoms with Crippen molar-refractivity contribution in [1.82, 2.24) is 4.98 Å². The van der Waals surface area contributed by atoms with Gasteiger partial charge in [0.2, 0.25) is 0 Å². The fraction of sp³-hybridized carbons (Fsp3) is 0.0556. The van der Waals surface area contributed by atoms with Crippen molar-refractivity contribution in [3.8, 4) is 11.5 Å². The number of rotatable bonds is 5. The minimum absolute atomic E-state index is 0.322. The molecule has 0 spiro atoms. The van der Waals surface area contributed by atoms with Gasteiger partial charge in [-0.25, -0.2) is 9.37 Å². The Balaban J connectivity index is 1.62. The number of nitrogens with zero attached hydrogens (tertiary/aromatic N) is 1. The molecule has 0 saturated carbocycles. The second kappa shape index (κ2) is 6.79. The van der Waals surface area contributed by atoms with Crippen molar-refractivity contribution in [2.75, 3.05) is 11.1 Å². The normalized spacial score (nSPS) is 10.3. The van der Waals surface area contributed by atoms with E-state index in [9.17, 15) is 4.39 Å². The van der Waals surface area contributed by atoms with E-state index in [-0.39, 0.29) is 5.82 Å². The average molecular weight is 309 g/mol. The highest BCUT2D eigenvalue weighted by molar-refractivity contribution is 5.61. The number of hydrogen-bond acceptors (Lipinski definition) is 4. The van der Waals surface area contributed by atoms with Gasteiger partial charge in [0, 0.05) is 18.8 Å². The number of aromatic nitrogens is 1. The van der Waals surface area contributed by atoms with Gasteiger partial charge in [0.25, 0.3) is 0 Å². The number of nitrogen functional groups attached to an aromatic ring is 1. The van der Waals surface area contributed by atoms with Crippen LogP contribution in [-0.2, 0) is 6.54 Å². The van der Waals surface area contributed by atoms with Gasteiger partial charge in [-0.2, -0.15) is 0 Å². The van der Waals surface area contributed by atoms with Gasteiger partial charge in [-0.1, -0.05) is 18.2 Å². The number of ether oxygens (including phenoxy) is 1. The van der Waals surface area contributed by atoms with Crippen molar-refractivity contribution >= 4 is 11.5 Å². The maximum absolute atomic E-state index is 13.1. The van der Waals surface area contributed by atoms with Crippen LogP contribution >= 0.6 is 0 Å². The summed E-state index contributed by atoms with van der Waals surface area (Å²) in [5.74, 6) is 1.27. The molecule has 0 saturated heterocycles. The molecule has 5 heteroatoms. The number of pyridine rings is 1. The van der Waals surface area contributed by atoms with E-state index in [1.54, 1.807) is 18.3 Å². The fourth-order valence-corrected chi connectivity index (χ4v) is 2.11. The van der Waals surface area contributed by atoms with Crippen LogP contribution in [0.25, 0.3) is 0 Å². The Hall–Kier alpha value is -3.08. The maximum atomic E-state index is 13.1. The van der Waals surface area contributed by atoms with Crippen molar-refractivity contribution in [2.45, 2.75) is 6.54 Å². The molecule has 0 radical (unpaired) electrons. The molecule has 0 aliphatic heterocycles. The number of nitrogens with two attached hydrogens (primary N) is 1. The topological polar surface area (TPSA) is 60.2 Å². The van der Waals surface area contributed by atoms with Crippen LogP contribution in [0.2, 0.25) is 0 Å². The van der Waals surface area contributed by atoms with Gasteiger partial charge in [-0.05, 0) is 42.0 Å². The minimum Gasteiger partial charge on any atom is -0.457 e. The summed E-state index contributed by atoms with van der Waals surface area (Å²) in [6.45, 7) is 0.621. The average Bonchev–Trinajstić information content (AvgIpc) is 2.56. The van der Waals surface area contributed by atoms with Crippen LogP contribution in [0.15, 0.2) is 66.9 Å². The van der Waals surface area contributed by atoms with Crippen LogP contribution in [0.4, 0.5) is 15.9 Å². The highest BCUT2D eigenvalue weighted by Crippen LogP contribution is 2.23. The van der Waals surface area contributed by atoms with E-state index >= 15 is 0 Å². The molecule has 1 aromatic heterocycles. The molecule has 0 bridgehead atoms. The van der Waals surface area contributed by atoms with Gasteiger partial charge >= 0.3 is 0 Å². The lowest BCUT2D eigenvalue weighted by molar-refractivity contribution is 0.476. The summed E-state index contributed by atoms with van der Waals surface area (Å²) in [4.78, 5) is 4.02. The molecule has 23 heavy (non-hydrogen) atoms. The lowest BCUT2D eigenvalue weighted by Crippen LogP contribution is -2.03. The standard InChI is InChI=1S/C18H16FN3O/c19-14-3-1-4-16(11-14)23-15-8-6-13(7-9-15)12-22-17-5-2-10-21-18(17)20/h1-11,22H,12H2,(H2,20,21). The van der Waals surface area contributed by atoms with E-state index in [2.05, 4.69) is 10.3 Å². The monoisotopic (exact) mass is 309 g/mol. The Morgan fingerprint density at radius 1 is 1.00 bits per heavy atom. The quantitative estimate of drug-likeness (QED) is 0.741. The van der Waals surface area contributed by atoms with Crippen molar-refractivity contribution in [3.05, 3.63) is 78.2 Å². The van der Waals surface area contributed by atoms with E-state index in [0.717, 1.165) is 11.3 Å². The van der Waals surface area contributed by atoms with Crippen LogP contribution in [0.5, 0.6) is 11.5 Å². The van der Waals surface area contributed by atoms with Crippen molar-refractivity contribution in [2.24, 2.45) is 0 Å². The molecule has 4 nitrogen and oxygen atoms in total. The fourth-order valence-electron chi connectivity index (χ4n) is 2.11. The van der Waals surface area contributed by atoms with E-state index < -0.39 is 0 Å². The molecule has 0 aliphatic carbocycles. The second-order valence-corrected chi connectivity index (χ2v) is 4.99. The van der Waals surface area contributed by atoms with Crippen LogP contribution in [0.3, 0.4) is 0 Å². The van der Waals surface area contributed by atoms with Gasteiger partial charge in [0.05, 0.1) is 5.69 Å². The number of anilines is 2. The van der Waals surface area contributed by atoms with Crippen LogP contribution in [0, 0.1) is 5.82 Å². The number of benzene rings is 2. The van der Waals surface area contributed by atoms with E-state index in [0.29, 0.717) is 23.9 Å². The summed E-state index contributed by atoms with van der Waals surface area (Å²) in [7, 11) is 0. The Morgan fingerprint density at radius 2 is 1.83 bits per heavy atom. The summed E-state index contributed by atoms with van der Waals surface area (Å²) in [5, 5.41) is 3.23. The third-order valence-corrected chi connectivity index (χ3v) is 3.28. The third-order valence-electron chi connectivity index (χ3n) is 3.28. The Morgan fingerprint density at radius 3 is 2.57 bits per heavy atom. The first-order valence-electron chi connectivity index (χ1n) is 7.17. The molecule has 0 aliphatic rings.